The molecule has 2 rings (SSSR count). The van der Waals surface area contributed by atoms with Crippen molar-refractivity contribution in [3.63, 3.8) is 0 Å². The summed E-state index contributed by atoms with van der Waals surface area (Å²) >= 11 is 0. The Morgan fingerprint density at radius 2 is 2.00 bits per heavy atom. The molecule has 1 aromatic rings. The van der Waals surface area contributed by atoms with Gasteiger partial charge in [-0.25, -0.2) is 0 Å². The summed E-state index contributed by atoms with van der Waals surface area (Å²) in [5.41, 5.74) is 6.24. The lowest BCUT2D eigenvalue weighted by Crippen LogP contribution is -2.41. The maximum absolute atomic E-state index is 12.2. The maximum Gasteiger partial charge on any atom is 0.251 e. The molecule has 1 heterocycles. The Kier molecular flexibility index (Phi) is 7.31. The van der Waals surface area contributed by atoms with Crippen LogP contribution < -0.4 is 11.1 Å². The first-order valence-corrected chi connectivity index (χ1v) is 7.05. The fraction of sp³-hybridized carbons (Fsp3) is 0.467. The molecule has 2 amide bonds. The van der Waals surface area contributed by atoms with E-state index in [0.717, 1.165) is 6.42 Å². The van der Waals surface area contributed by atoms with Gasteiger partial charge in [0.25, 0.3) is 5.91 Å². The summed E-state index contributed by atoms with van der Waals surface area (Å²) in [4.78, 5) is 25.5. The molecule has 1 aliphatic heterocycles. The van der Waals surface area contributed by atoms with Gasteiger partial charge in [-0.2, -0.15) is 0 Å². The van der Waals surface area contributed by atoms with Gasteiger partial charge in [0.15, 0.2) is 0 Å². The van der Waals surface area contributed by atoms with Crippen LogP contribution in [0, 0.1) is 0 Å². The topological polar surface area (TPSA) is 84.7 Å². The predicted molar refractivity (Wildman–Crippen MR) is 86.9 cm³/mol. The van der Waals surface area contributed by atoms with Gasteiger partial charge >= 0.3 is 0 Å². The minimum atomic E-state index is -0.479. The fourth-order valence-corrected chi connectivity index (χ4v) is 2.32. The van der Waals surface area contributed by atoms with Crippen LogP contribution in [0.25, 0.3) is 0 Å². The predicted octanol–water partition coefficient (Wildman–Crippen LogP) is 1.01. The molecule has 3 N–H and O–H groups in total. The number of nitrogens with one attached hydrogen (secondary N) is 1. The van der Waals surface area contributed by atoms with Gasteiger partial charge in [0, 0.05) is 19.3 Å². The molecule has 0 unspecified atom stereocenters. The van der Waals surface area contributed by atoms with E-state index < -0.39 is 6.10 Å². The van der Waals surface area contributed by atoms with E-state index in [2.05, 4.69) is 5.32 Å². The highest BCUT2D eigenvalue weighted by molar-refractivity contribution is 5.95. The van der Waals surface area contributed by atoms with E-state index in [1.807, 2.05) is 18.2 Å². The number of nitrogens with two attached hydrogens (primary N) is 1. The molecule has 0 saturated carbocycles. The summed E-state index contributed by atoms with van der Waals surface area (Å²) < 4.78 is 5.55. The molecule has 0 radical (unpaired) electrons. The summed E-state index contributed by atoms with van der Waals surface area (Å²) in [6, 6.07) is 9.14. The molecular weight excluding hydrogens is 306 g/mol. The number of benzene rings is 1. The third-order valence-electron chi connectivity index (χ3n) is 3.46. The van der Waals surface area contributed by atoms with Crippen molar-refractivity contribution in [1.29, 1.82) is 0 Å². The number of likely N-dealkylation sites (N-methyl/N-ethyl adjacent to an activating group) is 1. The molecule has 0 spiro atoms. The second-order valence-corrected chi connectivity index (χ2v) is 5.17. The quantitative estimate of drug-likeness (QED) is 0.845. The van der Waals surface area contributed by atoms with Gasteiger partial charge in [-0.05, 0) is 25.0 Å². The lowest BCUT2D eigenvalue weighted by molar-refractivity contribution is -0.143. The van der Waals surface area contributed by atoms with E-state index in [1.54, 1.807) is 19.2 Å². The van der Waals surface area contributed by atoms with Gasteiger partial charge in [0.05, 0.1) is 12.6 Å². The molecular formula is C15H22ClN3O3. The average Bonchev–Trinajstić information content (AvgIpc) is 2.96. The summed E-state index contributed by atoms with van der Waals surface area (Å²) in [7, 11) is 1.60. The normalized spacial score (nSPS) is 20.1. The van der Waals surface area contributed by atoms with Crippen molar-refractivity contribution < 1.29 is 14.3 Å². The van der Waals surface area contributed by atoms with E-state index in [9.17, 15) is 9.59 Å². The molecule has 7 heteroatoms. The van der Waals surface area contributed by atoms with E-state index in [4.69, 9.17) is 10.5 Å². The van der Waals surface area contributed by atoms with E-state index in [1.165, 1.54) is 4.90 Å². The van der Waals surface area contributed by atoms with Gasteiger partial charge in [-0.3, -0.25) is 9.59 Å². The van der Waals surface area contributed by atoms with Gasteiger partial charge in [-0.15, -0.1) is 12.4 Å². The lowest BCUT2D eigenvalue weighted by Gasteiger charge is -2.20. The number of carbonyl (C=O) groups is 2. The first kappa shape index (κ1) is 18.4. The van der Waals surface area contributed by atoms with Crippen LogP contribution in [0.3, 0.4) is 0 Å². The summed E-state index contributed by atoms with van der Waals surface area (Å²) in [5.74, 6) is -0.403. The van der Waals surface area contributed by atoms with E-state index >= 15 is 0 Å². The van der Waals surface area contributed by atoms with Crippen molar-refractivity contribution >= 4 is 29.9 Å². The molecule has 122 valence electrons. The van der Waals surface area contributed by atoms with Crippen LogP contribution in [-0.2, 0) is 14.3 Å². The smallest absolute Gasteiger partial charge is 0.251 e. The van der Waals surface area contributed by atoms with Crippen LogP contribution >= 0.6 is 12.4 Å². The number of hydrogen-bond donors (Lipinski definition) is 2. The van der Waals surface area contributed by atoms with Crippen molar-refractivity contribution in [3.8, 4) is 0 Å². The number of hydrogen-bond acceptors (Lipinski definition) is 4. The second-order valence-electron chi connectivity index (χ2n) is 5.17. The van der Waals surface area contributed by atoms with Crippen molar-refractivity contribution in [2.45, 2.75) is 25.0 Å². The number of amides is 2. The number of carbonyl (C=O) groups excluding carboxylic acids is 2. The Morgan fingerprint density at radius 3 is 2.59 bits per heavy atom. The van der Waals surface area contributed by atoms with Crippen molar-refractivity contribution in [1.82, 2.24) is 4.90 Å². The highest BCUT2D eigenvalue weighted by Crippen LogP contribution is 2.20. The third-order valence-corrected chi connectivity index (χ3v) is 3.46. The minimum absolute atomic E-state index is 0. The number of ether oxygens (including phenoxy) is 1. The molecule has 1 fully saturated rings. The zero-order chi connectivity index (χ0) is 15.2. The minimum Gasteiger partial charge on any atom is -0.364 e. The molecule has 6 nitrogen and oxygen atoms in total. The number of halogens is 1. The molecule has 22 heavy (non-hydrogen) atoms. The molecule has 0 aromatic heterocycles. The van der Waals surface area contributed by atoms with Crippen LogP contribution in [0.4, 0.5) is 5.69 Å². The molecule has 0 aliphatic carbocycles. The van der Waals surface area contributed by atoms with Gasteiger partial charge in [-0.1, -0.05) is 18.2 Å². The SMILES string of the molecule is CN(CC(=O)Nc1ccccc1)C(=O)[C@@H]1CC[C@H](CN)O1.Cl. The number of para-hydroxylation sites is 1. The zero-order valence-corrected chi connectivity index (χ0v) is 13.3. The van der Waals surface area contributed by atoms with Gasteiger partial charge < -0.3 is 20.7 Å². The van der Waals surface area contributed by atoms with E-state index in [-0.39, 0.29) is 36.9 Å². The summed E-state index contributed by atoms with van der Waals surface area (Å²) in [6.45, 7) is 0.420. The first-order chi connectivity index (χ1) is 10.1. The van der Waals surface area contributed by atoms with E-state index in [0.29, 0.717) is 18.7 Å². The van der Waals surface area contributed by atoms with Gasteiger partial charge in [0.2, 0.25) is 5.91 Å². The van der Waals surface area contributed by atoms with Crippen LogP contribution in [0.5, 0.6) is 0 Å². The van der Waals surface area contributed by atoms with Gasteiger partial charge in [0.1, 0.15) is 6.10 Å². The molecule has 2 atom stereocenters. The second kappa shape index (κ2) is 8.73. The van der Waals surface area contributed by atoms with Crippen molar-refractivity contribution in [2.75, 3.05) is 25.5 Å². The summed E-state index contributed by atoms with van der Waals surface area (Å²) in [5, 5.41) is 2.74. The van der Waals surface area contributed by atoms with Crippen molar-refractivity contribution in [2.24, 2.45) is 5.73 Å². The lowest BCUT2D eigenvalue weighted by atomic mass is 10.2. The zero-order valence-electron chi connectivity index (χ0n) is 12.5. The van der Waals surface area contributed by atoms with Crippen LogP contribution in [0.2, 0.25) is 0 Å². The Hall–Kier alpha value is -1.63. The molecule has 1 saturated heterocycles. The summed E-state index contributed by atoms with van der Waals surface area (Å²) in [6.07, 6.45) is 0.918. The third kappa shape index (κ3) is 4.98. The number of anilines is 1. The Labute approximate surface area is 136 Å². The molecule has 1 aromatic carbocycles. The maximum atomic E-state index is 12.2. The molecule has 0 bridgehead atoms. The average molecular weight is 328 g/mol. The molecule has 1 aliphatic rings. The Morgan fingerprint density at radius 1 is 1.32 bits per heavy atom. The van der Waals surface area contributed by atoms with Crippen molar-refractivity contribution in [3.05, 3.63) is 30.3 Å². The monoisotopic (exact) mass is 327 g/mol. The highest BCUT2D eigenvalue weighted by Gasteiger charge is 2.32. The fourth-order valence-electron chi connectivity index (χ4n) is 2.32. The highest BCUT2D eigenvalue weighted by atomic mass is 35.5. The van der Waals surface area contributed by atoms with Crippen LogP contribution in [0.1, 0.15) is 12.8 Å². The Balaban J connectivity index is 0.00000242. The van der Waals surface area contributed by atoms with Crippen LogP contribution in [0.15, 0.2) is 30.3 Å². The number of rotatable bonds is 5. The largest absolute Gasteiger partial charge is 0.364 e. The Bertz CT molecular complexity index is 498. The standard InChI is InChI=1S/C15H21N3O3.ClH/c1-18(15(20)13-8-7-12(9-16)21-13)10-14(19)17-11-5-3-2-4-6-11;/h2-6,12-13H,7-10,16H2,1H3,(H,17,19);1H/t12-,13+;/m1./s1. The van der Waals surface area contributed by atoms with Crippen LogP contribution in [-0.4, -0.2) is 49.1 Å². The first-order valence-electron chi connectivity index (χ1n) is 7.05. The number of nitrogens with zero attached hydrogens (tertiary/aromatic N) is 1.